The van der Waals surface area contributed by atoms with Crippen LogP contribution in [0.15, 0.2) is 47.1 Å². The van der Waals surface area contributed by atoms with E-state index in [0.717, 1.165) is 22.9 Å². The quantitative estimate of drug-likeness (QED) is 0.284. The molecule has 4 rings (SSSR count). The maximum Gasteiger partial charge on any atom is 1.00 e. The number of carbonyl (C=O) groups is 1. The third kappa shape index (κ3) is 5.42. The minimum atomic E-state index is -1.12. The average Bonchev–Trinajstić information content (AvgIpc) is 3.45. The number of benzene rings is 2. The Hall–Kier alpha value is -3.19. The van der Waals surface area contributed by atoms with Crippen molar-refractivity contribution in [2.45, 2.75) is 39.3 Å². The summed E-state index contributed by atoms with van der Waals surface area (Å²) in [6, 6.07) is 10.7. The summed E-state index contributed by atoms with van der Waals surface area (Å²) in [4.78, 5) is 18.7. The predicted octanol–water partition coefficient (Wildman–Crippen LogP) is 0.625. The van der Waals surface area contributed by atoms with Crippen LogP contribution in [0.25, 0.3) is 38.6 Å². The van der Waals surface area contributed by atoms with Crippen LogP contribution in [0.1, 0.15) is 26.7 Å². The molecule has 0 fully saturated rings. The van der Waals surface area contributed by atoms with Gasteiger partial charge in [0.05, 0.1) is 24.4 Å². The van der Waals surface area contributed by atoms with E-state index in [4.69, 9.17) is 15.8 Å². The number of ether oxygens (including phenoxy) is 1. The Morgan fingerprint density at radius 2 is 2.06 bits per heavy atom. The Morgan fingerprint density at radius 3 is 2.79 bits per heavy atom. The van der Waals surface area contributed by atoms with Crippen LogP contribution in [-0.2, 0) is 11.3 Å². The first-order valence-corrected chi connectivity index (χ1v) is 10.2. The molecular weight excluding hydrogens is 433 g/mol. The third-order valence-electron chi connectivity index (χ3n) is 5.08. The monoisotopic (exact) mass is 453 g/mol. The molecule has 162 valence electrons. The fourth-order valence-corrected chi connectivity index (χ4v) is 3.20. The van der Waals surface area contributed by atoms with Crippen LogP contribution in [0, 0.1) is 6.57 Å². The second-order valence-electron chi connectivity index (χ2n) is 7.32. The zero-order chi connectivity index (χ0) is 22.7. The summed E-state index contributed by atoms with van der Waals surface area (Å²) in [6.07, 6.45) is 2.40. The molecule has 33 heavy (non-hydrogen) atoms. The number of fused-ring (bicyclic) bond motifs is 1. The van der Waals surface area contributed by atoms with Gasteiger partial charge < -0.3 is 19.2 Å². The van der Waals surface area contributed by atoms with Gasteiger partial charge in [-0.3, -0.25) is 4.68 Å². The van der Waals surface area contributed by atoms with Crippen LogP contribution in [0.4, 0.5) is 5.69 Å². The standard InChI is InChI=1S/C23H21N5O4.Na/c1-4-14(2)31-20-8-6-16(12-18(20)24-3)23-26-22(27-32-23)15-5-7-19-17(11-15)13-25-28(19)10-9-21(29)30;/h5-8,11-14H,4,9-10H2,1-2H3,(H,29,30);/q;+1/p-1/t14-;/m0./s1. The van der Waals surface area contributed by atoms with Gasteiger partial charge in [0.15, 0.2) is 0 Å². The van der Waals surface area contributed by atoms with E-state index in [0.29, 0.717) is 28.7 Å². The van der Waals surface area contributed by atoms with E-state index in [1.165, 1.54) is 0 Å². The van der Waals surface area contributed by atoms with Crippen molar-refractivity contribution in [1.29, 1.82) is 0 Å². The van der Waals surface area contributed by atoms with E-state index in [1.807, 2.05) is 32.0 Å². The molecule has 2 heterocycles. The Morgan fingerprint density at radius 1 is 1.27 bits per heavy atom. The van der Waals surface area contributed by atoms with Gasteiger partial charge in [0.2, 0.25) is 11.5 Å². The molecule has 0 spiro atoms. The smallest absolute Gasteiger partial charge is 0.550 e. The van der Waals surface area contributed by atoms with E-state index in [1.54, 1.807) is 29.1 Å². The number of carboxylic acids is 1. The number of carboxylic acid groups (broad SMARTS) is 1. The van der Waals surface area contributed by atoms with Gasteiger partial charge >= 0.3 is 29.6 Å². The first kappa shape index (κ1) is 24.5. The molecule has 0 bridgehead atoms. The van der Waals surface area contributed by atoms with E-state index in [9.17, 15) is 9.90 Å². The number of hydrogen-bond acceptors (Lipinski definition) is 7. The van der Waals surface area contributed by atoms with E-state index in [-0.39, 0.29) is 48.6 Å². The first-order chi connectivity index (χ1) is 15.5. The molecule has 0 saturated carbocycles. The summed E-state index contributed by atoms with van der Waals surface area (Å²) in [5.74, 6) is 0.0999. The summed E-state index contributed by atoms with van der Waals surface area (Å²) in [5.41, 5.74) is 2.54. The molecule has 0 aliphatic rings. The van der Waals surface area contributed by atoms with Gasteiger partial charge in [-0.05, 0) is 49.7 Å². The molecule has 10 heteroatoms. The molecular formula is C23H20N5NaO4. The molecule has 0 saturated heterocycles. The Labute approximate surface area is 212 Å². The molecule has 0 N–H and O–H groups in total. The topological polar surface area (TPSA) is 110 Å². The van der Waals surface area contributed by atoms with Crippen molar-refractivity contribution < 1.29 is 48.7 Å². The number of aliphatic carboxylic acids is 1. The molecule has 0 radical (unpaired) electrons. The zero-order valence-corrected chi connectivity index (χ0v) is 20.6. The van der Waals surface area contributed by atoms with Crippen LogP contribution in [0.5, 0.6) is 5.75 Å². The van der Waals surface area contributed by atoms with Crippen molar-refractivity contribution in [2.75, 3.05) is 0 Å². The molecule has 0 aliphatic heterocycles. The molecule has 0 aliphatic carbocycles. The SMILES string of the molecule is [C-]#[N+]c1cc(-c2nc(-c3ccc4c(cnn4CCC(=O)[O-])c3)no2)ccc1O[C@@H](C)CC.[Na+]. The van der Waals surface area contributed by atoms with Crippen molar-refractivity contribution in [2.24, 2.45) is 0 Å². The minimum absolute atomic E-state index is 0. The number of hydrogen-bond donors (Lipinski definition) is 0. The Balaban J connectivity index is 0.00000306. The third-order valence-corrected chi connectivity index (χ3v) is 5.08. The number of aryl methyl sites for hydroxylation is 1. The van der Waals surface area contributed by atoms with Crippen molar-refractivity contribution in [3.05, 3.63) is 54.0 Å². The van der Waals surface area contributed by atoms with Crippen molar-refractivity contribution in [3.8, 4) is 28.6 Å². The van der Waals surface area contributed by atoms with E-state index < -0.39 is 5.97 Å². The molecule has 9 nitrogen and oxygen atoms in total. The van der Waals surface area contributed by atoms with E-state index in [2.05, 4.69) is 20.1 Å². The van der Waals surface area contributed by atoms with Crippen molar-refractivity contribution >= 4 is 22.6 Å². The first-order valence-electron chi connectivity index (χ1n) is 10.2. The summed E-state index contributed by atoms with van der Waals surface area (Å²) < 4.78 is 12.8. The fraction of sp³-hybridized carbons (Fsp3) is 0.261. The summed E-state index contributed by atoms with van der Waals surface area (Å²) >= 11 is 0. The minimum Gasteiger partial charge on any atom is -0.550 e. The molecule has 0 unspecified atom stereocenters. The maximum absolute atomic E-state index is 10.7. The number of rotatable bonds is 8. The average molecular weight is 453 g/mol. The summed E-state index contributed by atoms with van der Waals surface area (Å²) in [7, 11) is 0. The fourth-order valence-electron chi connectivity index (χ4n) is 3.20. The van der Waals surface area contributed by atoms with Gasteiger partial charge in [-0.25, -0.2) is 4.85 Å². The van der Waals surface area contributed by atoms with Gasteiger partial charge in [0.25, 0.3) is 5.89 Å². The largest absolute Gasteiger partial charge is 1.00 e. The Kier molecular flexibility index (Phi) is 7.87. The van der Waals surface area contributed by atoms with E-state index >= 15 is 0 Å². The second kappa shape index (κ2) is 10.6. The second-order valence-corrected chi connectivity index (χ2v) is 7.32. The van der Waals surface area contributed by atoms with Crippen LogP contribution in [0.2, 0.25) is 0 Å². The van der Waals surface area contributed by atoms with Crippen LogP contribution in [0.3, 0.4) is 0 Å². The molecule has 0 amide bonds. The van der Waals surface area contributed by atoms with Crippen molar-refractivity contribution in [3.63, 3.8) is 0 Å². The number of aromatic nitrogens is 4. The summed E-state index contributed by atoms with van der Waals surface area (Å²) in [5, 5.41) is 19.8. The number of carbonyl (C=O) groups excluding carboxylic acids is 1. The van der Waals surface area contributed by atoms with Gasteiger partial charge in [-0.15, -0.1) is 0 Å². The van der Waals surface area contributed by atoms with Gasteiger partial charge in [0.1, 0.15) is 5.75 Å². The van der Waals surface area contributed by atoms with Crippen LogP contribution in [-0.4, -0.2) is 32.0 Å². The van der Waals surface area contributed by atoms with Crippen LogP contribution < -0.4 is 39.4 Å². The van der Waals surface area contributed by atoms with Crippen molar-refractivity contribution in [1.82, 2.24) is 19.9 Å². The molecule has 2 aromatic heterocycles. The van der Waals surface area contributed by atoms with Crippen LogP contribution >= 0.6 is 0 Å². The maximum atomic E-state index is 10.7. The van der Waals surface area contributed by atoms with Gasteiger partial charge in [0, 0.05) is 35.4 Å². The van der Waals surface area contributed by atoms with Gasteiger partial charge in [-0.1, -0.05) is 12.1 Å². The normalized spacial score (nSPS) is 11.5. The van der Waals surface area contributed by atoms with Gasteiger partial charge in [-0.2, -0.15) is 10.1 Å². The Bertz CT molecular complexity index is 1320. The molecule has 4 aromatic rings. The molecule has 1 atom stereocenters. The molecule has 2 aromatic carbocycles. The predicted molar refractivity (Wildman–Crippen MR) is 115 cm³/mol. The number of nitrogens with zero attached hydrogens (tertiary/aromatic N) is 5. The zero-order valence-electron chi connectivity index (χ0n) is 18.6. The summed E-state index contributed by atoms with van der Waals surface area (Å²) in [6.45, 7) is 11.7.